The molecule has 1 fully saturated rings. The lowest BCUT2D eigenvalue weighted by molar-refractivity contribution is -0.125. The van der Waals surface area contributed by atoms with E-state index in [2.05, 4.69) is 27.4 Å². The quantitative estimate of drug-likeness (QED) is 0.567. The molecule has 2 nitrogen and oxygen atoms in total. The molecule has 0 saturated carbocycles. The highest BCUT2D eigenvalue weighted by Crippen LogP contribution is 2.33. The van der Waals surface area contributed by atoms with Crippen molar-refractivity contribution in [3.8, 4) is 0 Å². The maximum atomic E-state index is 11.3. The Morgan fingerprint density at radius 3 is 2.54 bits per heavy atom. The average Bonchev–Trinajstić information content (AvgIpc) is 2.50. The second-order valence-electron chi connectivity index (χ2n) is 4.84. The molecule has 0 aromatic heterocycles. The number of rotatable bonds is 1. The summed E-state index contributed by atoms with van der Waals surface area (Å²) in [6, 6.07) is 0. The Balaban J connectivity index is 2.54. The van der Waals surface area contributed by atoms with Gasteiger partial charge in [-0.25, -0.2) is 0 Å². The first-order valence-corrected chi connectivity index (χ1v) is 4.86. The molecule has 0 N–H and O–H groups in total. The molecule has 2 heteroatoms. The van der Waals surface area contributed by atoms with Crippen LogP contribution in [0.25, 0.3) is 0 Å². The largest absolute Gasteiger partial charge is 0.339 e. The fourth-order valence-corrected chi connectivity index (χ4v) is 1.80. The second-order valence-corrected chi connectivity index (χ2v) is 4.84. The molecule has 1 aliphatic heterocycles. The highest BCUT2D eigenvalue weighted by atomic mass is 16.2. The van der Waals surface area contributed by atoms with E-state index in [1.165, 1.54) is 6.08 Å². The Morgan fingerprint density at radius 2 is 2.15 bits per heavy atom. The monoisotopic (exact) mass is 181 g/mol. The standard InChI is InChI=1S/C11H19NO/c1-5-10(13)12-7-6-9(8-12)11(2,3)4/h5,9H,1,6-8H2,2-4H3. The summed E-state index contributed by atoms with van der Waals surface area (Å²) in [5.74, 6) is 0.711. The molecule has 1 rings (SSSR count). The van der Waals surface area contributed by atoms with Gasteiger partial charge in [-0.3, -0.25) is 4.79 Å². The van der Waals surface area contributed by atoms with Crippen LogP contribution in [0.1, 0.15) is 27.2 Å². The fraction of sp³-hybridized carbons (Fsp3) is 0.727. The van der Waals surface area contributed by atoms with Crippen LogP contribution in [0.4, 0.5) is 0 Å². The van der Waals surface area contributed by atoms with E-state index < -0.39 is 0 Å². The van der Waals surface area contributed by atoms with Gasteiger partial charge < -0.3 is 4.90 Å². The summed E-state index contributed by atoms with van der Waals surface area (Å²) in [7, 11) is 0. The van der Waals surface area contributed by atoms with Gasteiger partial charge in [0.05, 0.1) is 0 Å². The Bertz CT molecular complexity index is 215. The minimum Gasteiger partial charge on any atom is -0.339 e. The fourth-order valence-electron chi connectivity index (χ4n) is 1.80. The molecule has 1 unspecified atom stereocenters. The number of hydrogen-bond donors (Lipinski definition) is 0. The Labute approximate surface area is 80.6 Å². The van der Waals surface area contributed by atoms with Crippen LogP contribution in [0.3, 0.4) is 0 Å². The molecule has 13 heavy (non-hydrogen) atoms. The topological polar surface area (TPSA) is 20.3 Å². The second kappa shape index (κ2) is 3.52. The van der Waals surface area contributed by atoms with Crippen molar-refractivity contribution in [2.24, 2.45) is 11.3 Å². The summed E-state index contributed by atoms with van der Waals surface area (Å²) in [6.45, 7) is 12.0. The molecular formula is C11H19NO. The van der Waals surface area contributed by atoms with Crippen molar-refractivity contribution < 1.29 is 4.79 Å². The number of amides is 1. The molecule has 1 amide bonds. The summed E-state index contributed by atoms with van der Waals surface area (Å²) >= 11 is 0. The zero-order valence-electron chi connectivity index (χ0n) is 8.84. The van der Waals surface area contributed by atoms with Crippen molar-refractivity contribution in [3.63, 3.8) is 0 Å². The van der Waals surface area contributed by atoms with Crippen LogP contribution < -0.4 is 0 Å². The van der Waals surface area contributed by atoms with E-state index in [9.17, 15) is 4.79 Å². The van der Waals surface area contributed by atoms with Gasteiger partial charge in [0.1, 0.15) is 0 Å². The van der Waals surface area contributed by atoms with E-state index in [-0.39, 0.29) is 5.91 Å². The van der Waals surface area contributed by atoms with Gasteiger partial charge in [0.25, 0.3) is 0 Å². The zero-order valence-corrected chi connectivity index (χ0v) is 8.84. The number of carbonyl (C=O) groups is 1. The van der Waals surface area contributed by atoms with Gasteiger partial charge in [0.15, 0.2) is 0 Å². The lowest BCUT2D eigenvalue weighted by atomic mass is 9.80. The molecule has 0 aromatic rings. The Morgan fingerprint density at radius 1 is 1.54 bits per heavy atom. The molecule has 0 bridgehead atoms. The highest BCUT2D eigenvalue weighted by molar-refractivity contribution is 5.87. The lowest BCUT2D eigenvalue weighted by Gasteiger charge is -2.26. The zero-order chi connectivity index (χ0) is 10.1. The van der Waals surface area contributed by atoms with Crippen LogP contribution in [0.2, 0.25) is 0 Å². The Hall–Kier alpha value is -0.790. The van der Waals surface area contributed by atoms with Gasteiger partial charge >= 0.3 is 0 Å². The van der Waals surface area contributed by atoms with Crippen molar-refractivity contribution >= 4 is 5.91 Å². The first-order valence-electron chi connectivity index (χ1n) is 4.86. The molecule has 0 aromatic carbocycles. The van der Waals surface area contributed by atoms with Gasteiger partial charge in [-0.2, -0.15) is 0 Å². The number of carbonyl (C=O) groups excluding carboxylic acids is 1. The van der Waals surface area contributed by atoms with Gasteiger partial charge in [-0.05, 0) is 23.8 Å². The summed E-state index contributed by atoms with van der Waals surface area (Å²) < 4.78 is 0. The third-order valence-corrected chi connectivity index (χ3v) is 2.90. The predicted molar refractivity (Wildman–Crippen MR) is 54.3 cm³/mol. The van der Waals surface area contributed by atoms with Crippen molar-refractivity contribution in [2.75, 3.05) is 13.1 Å². The first-order chi connectivity index (χ1) is 5.95. The maximum Gasteiger partial charge on any atom is 0.245 e. The number of hydrogen-bond acceptors (Lipinski definition) is 1. The van der Waals surface area contributed by atoms with Crippen LogP contribution in [0, 0.1) is 11.3 Å². The smallest absolute Gasteiger partial charge is 0.245 e. The highest BCUT2D eigenvalue weighted by Gasteiger charge is 2.32. The lowest BCUT2D eigenvalue weighted by Crippen LogP contribution is -2.29. The minimum absolute atomic E-state index is 0.0757. The third kappa shape index (κ3) is 2.33. The van der Waals surface area contributed by atoms with E-state index in [1.54, 1.807) is 0 Å². The van der Waals surface area contributed by atoms with Crippen LogP contribution in [-0.2, 0) is 4.79 Å². The van der Waals surface area contributed by atoms with Crippen LogP contribution >= 0.6 is 0 Å². The number of nitrogens with zero attached hydrogens (tertiary/aromatic N) is 1. The molecule has 0 radical (unpaired) electrons. The number of likely N-dealkylation sites (tertiary alicyclic amines) is 1. The van der Waals surface area contributed by atoms with Crippen molar-refractivity contribution in [3.05, 3.63) is 12.7 Å². The summed E-state index contributed by atoms with van der Waals surface area (Å²) in [6.07, 6.45) is 2.54. The van der Waals surface area contributed by atoms with Gasteiger partial charge in [-0.15, -0.1) is 0 Å². The molecular weight excluding hydrogens is 162 g/mol. The molecule has 1 atom stereocenters. The van der Waals surface area contributed by atoms with Crippen LogP contribution in [0.5, 0.6) is 0 Å². The Kier molecular flexibility index (Phi) is 2.79. The van der Waals surface area contributed by atoms with E-state index in [0.29, 0.717) is 11.3 Å². The summed E-state index contributed by atoms with van der Waals surface area (Å²) in [4.78, 5) is 13.2. The van der Waals surface area contributed by atoms with Gasteiger partial charge in [0.2, 0.25) is 5.91 Å². The van der Waals surface area contributed by atoms with Crippen LogP contribution in [-0.4, -0.2) is 23.9 Å². The molecule has 0 aliphatic carbocycles. The van der Waals surface area contributed by atoms with Gasteiger partial charge in [-0.1, -0.05) is 27.4 Å². The minimum atomic E-state index is 0.0757. The summed E-state index contributed by atoms with van der Waals surface area (Å²) in [5, 5.41) is 0. The van der Waals surface area contributed by atoms with Crippen molar-refractivity contribution in [1.82, 2.24) is 4.90 Å². The predicted octanol–water partition coefficient (Wildman–Crippen LogP) is 2.07. The third-order valence-electron chi connectivity index (χ3n) is 2.90. The van der Waals surface area contributed by atoms with Gasteiger partial charge in [0, 0.05) is 13.1 Å². The normalized spacial score (nSPS) is 23.3. The van der Waals surface area contributed by atoms with Crippen molar-refractivity contribution in [1.29, 1.82) is 0 Å². The van der Waals surface area contributed by atoms with E-state index in [4.69, 9.17) is 0 Å². The average molecular weight is 181 g/mol. The molecule has 1 heterocycles. The molecule has 74 valence electrons. The SMILES string of the molecule is C=CC(=O)N1CCC(C(C)(C)C)C1. The van der Waals surface area contributed by atoms with E-state index in [0.717, 1.165) is 19.5 Å². The molecule has 0 spiro atoms. The molecule has 1 saturated heterocycles. The van der Waals surface area contributed by atoms with E-state index >= 15 is 0 Å². The summed E-state index contributed by atoms with van der Waals surface area (Å²) in [5.41, 5.74) is 0.316. The molecule has 1 aliphatic rings. The van der Waals surface area contributed by atoms with Crippen LogP contribution in [0.15, 0.2) is 12.7 Å². The van der Waals surface area contributed by atoms with E-state index in [1.807, 2.05) is 4.90 Å². The first kappa shape index (κ1) is 10.3. The maximum absolute atomic E-state index is 11.3. The van der Waals surface area contributed by atoms with Crippen molar-refractivity contribution in [2.45, 2.75) is 27.2 Å².